The Bertz CT molecular complexity index is 900. The van der Waals surface area contributed by atoms with Crippen molar-refractivity contribution < 1.29 is 9.90 Å². The van der Waals surface area contributed by atoms with Crippen molar-refractivity contribution in [2.45, 2.75) is 20.4 Å². The number of carbonyl (C=O) groups is 1. The maximum Gasteiger partial charge on any atom is 0.221 e. The molecule has 1 aromatic carbocycles. The number of hydrogen-bond acceptors (Lipinski definition) is 5. The van der Waals surface area contributed by atoms with Crippen LogP contribution in [0, 0.1) is 13.8 Å². The number of aryl methyl sites for hydroxylation is 1. The first kappa shape index (κ1) is 16.5. The van der Waals surface area contributed by atoms with E-state index in [1.807, 2.05) is 32.0 Å². The summed E-state index contributed by atoms with van der Waals surface area (Å²) in [6, 6.07) is 5.53. The molecule has 0 atom stereocenters. The zero-order chi connectivity index (χ0) is 17.3. The third-order valence-corrected chi connectivity index (χ3v) is 4.65. The Morgan fingerprint density at radius 1 is 1.38 bits per heavy atom. The second kappa shape index (κ2) is 6.66. The first-order valence-electron chi connectivity index (χ1n) is 7.39. The van der Waals surface area contributed by atoms with Gasteiger partial charge in [-0.3, -0.25) is 4.79 Å². The van der Waals surface area contributed by atoms with Crippen molar-refractivity contribution in [3.05, 3.63) is 51.1 Å². The van der Waals surface area contributed by atoms with E-state index >= 15 is 0 Å². The van der Waals surface area contributed by atoms with Crippen LogP contribution in [0.5, 0.6) is 0 Å². The normalized spacial score (nSPS) is 11.0. The summed E-state index contributed by atoms with van der Waals surface area (Å²) in [7, 11) is 0. The summed E-state index contributed by atoms with van der Waals surface area (Å²) in [6.45, 7) is 4.02. The number of H-pyrrole nitrogens is 1. The van der Waals surface area contributed by atoms with E-state index in [4.69, 9.17) is 5.11 Å². The summed E-state index contributed by atoms with van der Waals surface area (Å²) in [5, 5.41) is 20.9. The van der Waals surface area contributed by atoms with Gasteiger partial charge in [0.05, 0.1) is 18.8 Å². The number of rotatable bonds is 5. The molecule has 0 spiro atoms. The number of hydrogen-bond donors (Lipinski definition) is 2. The molecule has 0 saturated carbocycles. The first-order chi connectivity index (χ1) is 11.5. The summed E-state index contributed by atoms with van der Waals surface area (Å²) in [6.07, 6.45) is 1.66. The van der Waals surface area contributed by atoms with Crippen LogP contribution in [0.25, 0.3) is 11.5 Å². The number of aliphatic hydroxyl groups excluding tert-OH is 1. The lowest BCUT2D eigenvalue weighted by Crippen LogP contribution is -2.05. The summed E-state index contributed by atoms with van der Waals surface area (Å²) >= 11 is 3.45. The van der Waals surface area contributed by atoms with Crippen LogP contribution in [0.1, 0.15) is 27.0 Å². The number of aromatic amines is 1. The molecule has 0 amide bonds. The number of aromatic nitrogens is 5. The van der Waals surface area contributed by atoms with Crippen LogP contribution in [-0.4, -0.2) is 42.7 Å². The smallest absolute Gasteiger partial charge is 0.221 e. The van der Waals surface area contributed by atoms with E-state index in [9.17, 15) is 4.79 Å². The van der Waals surface area contributed by atoms with Gasteiger partial charge in [0.25, 0.3) is 0 Å². The van der Waals surface area contributed by atoms with Gasteiger partial charge in [-0.15, -0.1) is 10.2 Å². The van der Waals surface area contributed by atoms with Gasteiger partial charge in [-0.05, 0) is 36.3 Å². The Balaban J connectivity index is 1.93. The fourth-order valence-electron chi connectivity index (χ4n) is 2.38. The van der Waals surface area contributed by atoms with Crippen molar-refractivity contribution >= 4 is 21.7 Å². The van der Waals surface area contributed by atoms with Crippen LogP contribution in [0.4, 0.5) is 0 Å². The van der Waals surface area contributed by atoms with Gasteiger partial charge in [0.1, 0.15) is 0 Å². The van der Waals surface area contributed by atoms with E-state index in [-0.39, 0.29) is 18.9 Å². The van der Waals surface area contributed by atoms with Crippen molar-refractivity contribution in [3.8, 4) is 11.5 Å². The molecule has 8 heteroatoms. The number of benzene rings is 1. The molecule has 0 bridgehead atoms. The number of nitrogens with one attached hydrogen (secondary N) is 1. The molecular formula is C16H16BrN5O2. The van der Waals surface area contributed by atoms with Crippen molar-refractivity contribution in [1.29, 1.82) is 0 Å². The van der Waals surface area contributed by atoms with E-state index in [2.05, 4.69) is 36.3 Å². The quantitative estimate of drug-likeness (QED) is 0.652. The molecule has 0 fully saturated rings. The monoisotopic (exact) mass is 389 g/mol. The molecule has 0 aliphatic rings. The minimum atomic E-state index is -0.0709. The van der Waals surface area contributed by atoms with Crippen LogP contribution >= 0.6 is 15.9 Å². The second-order valence-electron chi connectivity index (χ2n) is 5.43. The zero-order valence-electron chi connectivity index (χ0n) is 13.2. The molecule has 24 heavy (non-hydrogen) atoms. The first-order valence-corrected chi connectivity index (χ1v) is 8.18. The van der Waals surface area contributed by atoms with Crippen LogP contribution in [-0.2, 0) is 6.54 Å². The van der Waals surface area contributed by atoms with Crippen molar-refractivity contribution in [2.75, 3.05) is 6.61 Å². The summed E-state index contributed by atoms with van der Waals surface area (Å²) in [5.74, 6) is 0.323. The maximum absolute atomic E-state index is 12.7. The van der Waals surface area contributed by atoms with Crippen LogP contribution in [0.15, 0.2) is 28.9 Å². The number of ketones is 1. The van der Waals surface area contributed by atoms with Gasteiger partial charge < -0.3 is 10.1 Å². The number of aliphatic hydroxyl groups is 1. The Kier molecular flexibility index (Phi) is 4.59. The highest BCUT2D eigenvalue weighted by Gasteiger charge is 2.19. The van der Waals surface area contributed by atoms with Gasteiger partial charge >= 0.3 is 0 Å². The molecular weight excluding hydrogens is 374 g/mol. The molecule has 0 saturated heterocycles. The predicted octanol–water partition coefficient (Wildman–Crippen LogP) is 2.27. The lowest BCUT2D eigenvalue weighted by atomic mass is 10.0. The lowest BCUT2D eigenvalue weighted by molar-refractivity contribution is 0.103. The Morgan fingerprint density at radius 3 is 2.88 bits per heavy atom. The van der Waals surface area contributed by atoms with E-state index in [1.54, 1.807) is 6.20 Å². The van der Waals surface area contributed by atoms with Gasteiger partial charge in [0.2, 0.25) is 5.82 Å². The molecule has 2 heterocycles. The summed E-state index contributed by atoms with van der Waals surface area (Å²) in [4.78, 5) is 17.1. The summed E-state index contributed by atoms with van der Waals surface area (Å²) in [5.41, 5.74) is 3.66. The van der Waals surface area contributed by atoms with Gasteiger partial charge in [-0.1, -0.05) is 28.1 Å². The van der Waals surface area contributed by atoms with Crippen LogP contribution in [0.3, 0.4) is 0 Å². The average Bonchev–Trinajstić information content (AvgIpc) is 3.16. The molecule has 0 aliphatic heterocycles. The number of carbonyl (C=O) groups excluding carboxylic acids is 1. The van der Waals surface area contributed by atoms with Crippen LogP contribution in [0.2, 0.25) is 0 Å². The Labute approximate surface area is 146 Å². The fraction of sp³-hybridized carbons (Fsp3) is 0.250. The van der Waals surface area contributed by atoms with E-state index < -0.39 is 0 Å². The minimum absolute atomic E-state index is 0.0639. The number of tetrazole rings is 1. The average molecular weight is 390 g/mol. The highest BCUT2D eigenvalue weighted by atomic mass is 79.9. The molecule has 124 valence electrons. The Morgan fingerprint density at radius 2 is 2.17 bits per heavy atom. The van der Waals surface area contributed by atoms with Crippen molar-refractivity contribution in [3.63, 3.8) is 0 Å². The third kappa shape index (κ3) is 3.02. The number of nitrogens with zero attached hydrogens (tertiary/aromatic N) is 4. The van der Waals surface area contributed by atoms with Crippen molar-refractivity contribution in [2.24, 2.45) is 0 Å². The van der Waals surface area contributed by atoms with Gasteiger partial charge in [0, 0.05) is 21.8 Å². The molecule has 2 aromatic heterocycles. The van der Waals surface area contributed by atoms with E-state index in [1.165, 1.54) is 4.80 Å². The van der Waals surface area contributed by atoms with E-state index in [0.29, 0.717) is 22.6 Å². The standard InChI is InChI=1S/C16H16BrN5O2/c1-9-3-4-11(7-13(9)17)15(24)12-8-18-14(10(12)2)16-19-21-22(20-16)5-6-23/h3-4,7-8,18,23H,5-6H2,1-2H3. The molecule has 3 aromatic rings. The van der Waals surface area contributed by atoms with Gasteiger partial charge in [0.15, 0.2) is 5.78 Å². The molecule has 2 N–H and O–H groups in total. The zero-order valence-corrected chi connectivity index (χ0v) is 14.8. The second-order valence-corrected chi connectivity index (χ2v) is 6.28. The molecule has 3 rings (SSSR count). The highest BCUT2D eigenvalue weighted by molar-refractivity contribution is 9.10. The van der Waals surface area contributed by atoms with Crippen LogP contribution < -0.4 is 0 Å². The SMILES string of the molecule is Cc1ccc(C(=O)c2c[nH]c(-c3nnn(CCO)n3)c2C)cc1Br. The molecule has 7 nitrogen and oxygen atoms in total. The van der Waals surface area contributed by atoms with E-state index in [0.717, 1.165) is 15.6 Å². The number of halogens is 1. The largest absolute Gasteiger partial charge is 0.394 e. The molecule has 0 unspecified atom stereocenters. The van der Waals surface area contributed by atoms with Crippen molar-refractivity contribution in [1.82, 2.24) is 25.2 Å². The summed E-state index contributed by atoms with van der Waals surface area (Å²) < 4.78 is 0.898. The highest BCUT2D eigenvalue weighted by Crippen LogP contribution is 2.25. The van der Waals surface area contributed by atoms with Gasteiger partial charge in [-0.2, -0.15) is 4.80 Å². The lowest BCUT2D eigenvalue weighted by Gasteiger charge is -2.03. The fourth-order valence-corrected chi connectivity index (χ4v) is 2.76. The molecule has 0 aliphatic carbocycles. The topological polar surface area (TPSA) is 96.7 Å². The minimum Gasteiger partial charge on any atom is -0.394 e. The maximum atomic E-state index is 12.7. The Hall–Kier alpha value is -2.32. The third-order valence-electron chi connectivity index (χ3n) is 3.79. The molecule has 0 radical (unpaired) electrons. The van der Waals surface area contributed by atoms with Gasteiger partial charge in [-0.25, -0.2) is 0 Å². The predicted molar refractivity (Wildman–Crippen MR) is 91.7 cm³/mol.